The quantitative estimate of drug-likeness (QED) is 0.488. The molecule has 0 aromatic rings. The summed E-state index contributed by atoms with van der Waals surface area (Å²) >= 11 is 0. The molecule has 2 unspecified atom stereocenters. The summed E-state index contributed by atoms with van der Waals surface area (Å²) in [7, 11) is 0. The van der Waals surface area contributed by atoms with Crippen molar-refractivity contribution < 1.29 is 13.5 Å². The first-order valence-corrected chi connectivity index (χ1v) is 6.47. The maximum atomic E-state index is 13.1. The molecule has 0 spiro atoms. The lowest BCUT2D eigenvalue weighted by Gasteiger charge is -2.01. The van der Waals surface area contributed by atoms with Crippen LogP contribution in [0.2, 0.25) is 0 Å². The van der Waals surface area contributed by atoms with Crippen LogP contribution in [0.3, 0.4) is 0 Å². The van der Waals surface area contributed by atoms with Gasteiger partial charge in [-0.1, -0.05) is 39.5 Å². The highest BCUT2D eigenvalue weighted by Crippen LogP contribution is 2.07. The molecule has 3 heteroatoms. The van der Waals surface area contributed by atoms with Gasteiger partial charge < -0.3 is 4.74 Å². The number of allylic oxidation sites excluding steroid dienone is 2. The number of ether oxygens (including phenoxy) is 1. The van der Waals surface area contributed by atoms with Crippen LogP contribution in [-0.2, 0) is 4.74 Å². The van der Waals surface area contributed by atoms with Crippen molar-refractivity contribution in [2.24, 2.45) is 0 Å². The van der Waals surface area contributed by atoms with E-state index in [4.69, 9.17) is 4.74 Å². The SMILES string of the molecule is CCCCC(F)/C=C/O/C=C/C(F)CCCC. The Bertz CT molecular complexity index is 192. The fourth-order valence-electron chi connectivity index (χ4n) is 1.30. The summed E-state index contributed by atoms with van der Waals surface area (Å²) in [5.41, 5.74) is 0. The van der Waals surface area contributed by atoms with Crippen molar-refractivity contribution in [3.05, 3.63) is 24.7 Å². The number of halogens is 2. The van der Waals surface area contributed by atoms with E-state index in [0.717, 1.165) is 25.7 Å². The zero-order valence-electron chi connectivity index (χ0n) is 10.9. The van der Waals surface area contributed by atoms with Crippen molar-refractivity contribution in [3.8, 4) is 0 Å². The van der Waals surface area contributed by atoms with E-state index >= 15 is 0 Å². The topological polar surface area (TPSA) is 9.23 Å². The number of hydrogen-bond donors (Lipinski definition) is 0. The van der Waals surface area contributed by atoms with E-state index in [1.54, 1.807) is 0 Å². The van der Waals surface area contributed by atoms with Crippen LogP contribution >= 0.6 is 0 Å². The van der Waals surface area contributed by atoms with Gasteiger partial charge in [0.2, 0.25) is 0 Å². The highest BCUT2D eigenvalue weighted by Gasteiger charge is 2.00. The van der Waals surface area contributed by atoms with Crippen LogP contribution in [0, 0.1) is 0 Å². The van der Waals surface area contributed by atoms with Gasteiger partial charge in [0.25, 0.3) is 0 Å². The highest BCUT2D eigenvalue weighted by atomic mass is 19.1. The molecule has 0 fully saturated rings. The Morgan fingerprint density at radius 2 is 1.29 bits per heavy atom. The molecule has 0 N–H and O–H groups in total. The van der Waals surface area contributed by atoms with Gasteiger partial charge in [-0.15, -0.1) is 0 Å². The molecule has 0 aliphatic carbocycles. The summed E-state index contributed by atoms with van der Waals surface area (Å²) in [6, 6.07) is 0. The van der Waals surface area contributed by atoms with Crippen molar-refractivity contribution in [2.45, 2.75) is 64.7 Å². The zero-order chi connectivity index (χ0) is 12.9. The molecule has 1 nitrogen and oxygen atoms in total. The molecule has 0 amide bonds. The molecular weight excluding hydrogens is 222 g/mol. The predicted octanol–water partition coefficient (Wildman–Crippen LogP) is 5.09. The Morgan fingerprint density at radius 3 is 1.65 bits per heavy atom. The molecule has 100 valence electrons. The first-order chi connectivity index (χ1) is 8.20. The minimum absolute atomic E-state index is 0.516. The maximum absolute atomic E-state index is 13.1. The lowest BCUT2D eigenvalue weighted by molar-refractivity contribution is 0.336. The summed E-state index contributed by atoms with van der Waals surface area (Å²) in [5, 5.41) is 0. The number of unbranched alkanes of at least 4 members (excludes halogenated alkanes) is 2. The van der Waals surface area contributed by atoms with E-state index in [-0.39, 0.29) is 0 Å². The standard InChI is InChI=1S/C14H24F2O/c1-3-5-7-13(15)9-11-17-12-10-14(16)8-6-4-2/h9-14H,3-8H2,1-2H3/b11-9+,12-10+. The van der Waals surface area contributed by atoms with Gasteiger partial charge in [-0.05, 0) is 25.0 Å². The predicted molar refractivity (Wildman–Crippen MR) is 68.2 cm³/mol. The second-order valence-corrected chi connectivity index (χ2v) is 4.11. The third-order valence-corrected chi connectivity index (χ3v) is 2.40. The summed E-state index contributed by atoms with van der Waals surface area (Å²) in [6.07, 6.45) is 8.08. The smallest absolute Gasteiger partial charge is 0.121 e. The number of rotatable bonds is 10. The Balaban J connectivity index is 3.59. The van der Waals surface area contributed by atoms with E-state index < -0.39 is 12.3 Å². The van der Waals surface area contributed by atoms with Gasteiger partial charge in [0, 0.05) is 0 Å². The van der Waals surface area contributed by atoms with Gasteiger partial charge in [-0.2, -0.15) is 0 Å². The minimum atomic E-state index is -0.968. The molecule has 0 aliphatic heterocycles. The normalized spacial score (nSPS) is 15.5. The molecule has 0 saturated carbocycles. The molecule has 0 aromatic carbocycles. The van der Waals surface area contributed by atoms with E-state index in [2.05, 4.69) is 0 Å². The Morgan fingerprint density at radius 1 is 0.882 bits per heavy atom. The van der Waals surface area contributed by atoms with Crippen molar-refractivity contribution in [2.75, 3.05) is 0 Å². The van der Waals surface area contributed by atoms with Crippen LogP contribution < -0.4 is 0 Å². The van der Waals surface area contributed by atoms with Gasteiger partial charge in [-0.3, -0.25) is 0 Å². The first-order valence-electron chi connectivity index (χ1n) is 6.47. The second kappa shape index (κ2) is 11.6. The number of hydrogen-bond acceptors (Lipinski definition) is 1. The summed E-state index contributed by atoms with van der Waals surface area (Å²) in [4.78, 5) is 0. The molecule has 0 aliphatic rings. The van der Waals surface area contributed by atoms with Crippen molar-refractivity contribution >= 4 is 0 Å². The van der Waals surface area contributed by atoms with E-state index in [1.807, 2.05) is 13.8 Å². The van der Waals surface area contributed by atoms with Gasteiger partial charge in [0.05, 0.1) is 12.5 Å². The van der Waals surface area contributed by atoms with Crippen LogP contribution in [0.5, 0.6) is 0 Å². The summed E-state index contributed by atoms with van der Waals surface area (Å²) < 4.78 is 31.0. The fraction of sp³-hybridized carbons (Fsp3) is 0.714. The largest absolute Gasteiger partial charge is 0.473 e. The molecule has 0 saturated heterocycles. The van der Waals surface area contributed by atoms with Crippen molar-refractivity contribution in [3.63, 3.8) is 0 Å². The summed E-state index contributed by atoms with van der Waals surface area (Å²) in [5.74, 6) is 0. The molecule has 0 heterocycles. The average Bonchev–Trinajstić information content (AvgIpc) is 2.33. The maximum Gasteiger partial charge on any atom is 0.121 e. The Labute approximate surface area is 104 Å². The lowest BCUT2D eigenvalue weighted by atomic mass is 10.2. The van der Waals surface area contributed by atoms with Crippen LogP contribution in [0.4, 0.5) is 8.78 Å². The molecule has 0 rings (SSSR count). The molecule has 0 aromatic heterocycles. The molecule has 17 heavy (non-hydrogen) atoms. The Hall–Kier alpha value is -0.860. The minimum Gasteiger partial charge on any atom is -0.473 e. The van der Waals surface area contributed by atoms with Crippen LogP contribution in [-0.4, -0.2) is 12.3 Å². The van der Waals surface area contributed by atoms with Crippen LogP contribution in [0.1, 0.15) is 52.4 Å². The average molecular weight is 246 g/mol. The van der Waals surface area contributed by atoms with Gasteiger partial charge in [-0.25, -0.2) is 8.78 Å². The molecular formula is C14H24F2O. The third kappa shape index (κ3) is 11.4. The molecule has 0 radical (unpaired) electrons. The fourth-order valence-corrected chi connectivity index (χ4v) is 1.30. The van der Waals surface area contributed by atoms with Gasteiger partial charge in [0.1, 0.15) is 12.3 Å². The third-order valence-electron chi connectivity index (χ3n) is 2.40. The van der Waals surface area contributed by atoms with Crippen LogP contribution in [0.15, 0.2) is 24.7 Å². The molecule has 2 atom stereocenters. The highest BCUT2D eigenvalue weighted by molar-refractivity contribution is 4.88. The van der Waals surface area contributed by atoms with E-state index in [1.165, 1.54) is 24.7 Å². The summed E-state index contributed by atoms with van der Waals surface area (Å²) in [6.45, 7) is 4.04. The van der Waals surface area contributed by atoms with Gasteiger partial charge >= 0.3 is 0 Å². The zero-order valence-corrected chi connectivity index (χ0v) is 10.9. The van der Waals surface area contributed by atoms with E-state index in [0.29, 0.717) is 12.8 Å². The van der Waals surface area contributed by atoms with E-state index in [9.17, 15) is 8.78 Å². The van der Waals surface area contributed by atoms with Crippen molar-refractivity contribution in [1.29, 1.82) is 0 Å². The number of alkyl halides is 2. The first kappa shape index (κ1) is 16.1. The second-order valence-electron chi connectivity index (χ2n) is 4.11. The Kier molecular flexibility index (Phi) is 11.0. The lowest BCUT2D eigenvalue weighted by Crippen LogP contribution is -1.95. The van der Waals surface area contributed by atoms with Gasteiger partial charge in [0.15, 0.2) is 0 Å². The van der Waals surface area contributed by atoms with Crippen LogP contribution in [0.25, 0.3) is 0 Å². The van der Waals surface area contributed by atoms with Crippen molar-refractivity contribution in [1.82, 2.24) is 0 Å². The monoisotopic (exact) mass is 246 g/mol. The molecule has 0 bridgehead atoms.